The van der Waals surface area contributed by atoms with Gasteiger partial charge >= 0.3 is 0 Å². The molecule has 96 valence electrons. The smallest absolute Gasteiger partial charge is 0.158 e. The second-order valence-corrected chi connectivity index (χ2v) is 4.92. The van der Waals surface area contributed by atoms with E-state index in [4.69, 9.17) is 4.74 Å². The SMILES string of the molecule is C=C1CC(CCC(=O)COCc2ccccn2)C1. The Morgan fingerprint density at radius 1 is 1.44 bits per heavy atom. The van der Waals surface area contributed by atoms with E-state index in [0.717, 1.165) is 25.0 Å². The number of allylic oxidation sites excluding steroid dienone is 1. The third-order valence-electron chi connectivity index (χ3n) is 3.23. The lowest BCUT2D eigenvalue weighted by atomic mass is 9.78. The lowest BCUT2D eigenvalue weighted by Crippen LogP contribution is -2.17. The standard InChI is InChI=1S/C15H19NO2/c1-12-8-13(9-12)5-6-15(17)11-18-10-14-4-2-3-7-16-14/h2-4,7,13H,1,5-6,8-11H2. The van der Waals surface area contributed by atoms with Crippen LogP contribution in [0.1, 0.15) is 31.4 Å². The van der Waals surface area contributed by atoms with Gasteiger partial charge in [-0.2, -0.15) is 0 Å². The zero-order valence-electron chi connectivity index (χ0n) is 10.6. The van der Waals surface area contributed by atoms with Crippen LogP contribution >= 0.6 is 0 Å². The van der Waals surface area contributed by atoms with Crippen molar-refractivity contribution in [3.8, 4) is 0 Å². The van der Waals surface area contributed by atoms with Gasteiger partial charge in [0.05, 0.1) is 12.3 Å². The molecule has 1 aromatic rings. The lowest BCUT2D eigenvalue weighted by Gasteiger charge is -2.27. The van der Waals surface area contributed by atoms with Crippen LogP contribution in [0.3, 0.4) is 0 Å². The molecule has 1 heterocycles. The summed E-state index contributed by atoms with van der Waals surface area (Å²) in [6.07, 6.45) is 5.53. The summed E-state index contributed by atoms with van der Waals surface area (Å²) in [6.45, 7) is 4.51. The molecule has 0 N–H and O–H groups in total. The summed E-state index contributed by atoms with van der Waals surface area (Å²) in [5.74, 6) is 0.862. The summed E-state index contributed by atoms with van der Waals surface area (Å²) in [6, 6.07) is 5.67. The molecule has 1 aliphatic rings. The van der Waals surface area contributed by atoms with Crippen LogP contribution in [-0.2, 0) is 16.1 Å². The van der Waals surface area contributed by atoms with Crippen molar-refractivity contribution in [2.24, 2.45) is 5.92 Å². The Bertz CT molecular complexity index is 406. The largest absolute Gasteiger partial charge is 0.367 e. The van der Waals surface area contributed by atoms with Crippen molar-refractivity contribution >= 4 is 5.78 Å². The molecule has 3 heteroatoms. The van der Waals surface area contributed by atoms with Crippen LogP contribution in [0, 0.1) is 5.92 Å². The van der Waals surface area contributed by atoms with Crippen LogP contribution in [0.5, 0.6) is 0 Å². The lowest BCUT2D eigenvalue weighted by molar-refractivity contribution is -0.124. The van der Waals surface area contributed by atoms with E-state index in [9.17, 15) is 4.79 Å². The number of ketones is 1. The third-order valence-corrected chi connectivity index (χ3v) is 3.23. The highest BCUT2D eigenvalue weighted by Crippen LogP contribution is 2.34. The Labute approximate surface area is 108 Å². The van der Waals surface area contributed by atoms with Crippen LogP contribution in [0.25, 0.3) is 0 Å². The van der Waals surface area contributed by atoms with Gasteiger partial charge in [-0.15, -0.1) is 0 Å². The highest BCUT2D eigenvalue weighted by molar-refractivity contribution is 5.79. The Balaban J connectivity index is 1.56. The van der Waals surface area contributed by atoms with E-state index in [1.54, 1.807) is 6.20 Å². The molecule has 1 aromatic heterocycles. The average Bonchev–Trinajstić information content (AvgIpc) is 2.34. The van der Waals surface area contributed by atoms with Gasteiger partial charge in [0.25, 0.3) is 0 Å². The fraction of sp³-hybridized carbons (Fsp3) is 0.467. The Hall–Kier alpha value is -1.48. The van der Waals surface area contributed by atoms with E-state index >= 15 is 0 Å². The topological polar surface area (TPSA) is 39.2 Å². The summed E-state index contributed by atoms with van der Waals surface area (Å²) < 4.78 is 5.36. The van der Waals surface area contributed by atoms with Crippen molar-refractivity contribution < 1.29 is 9.53 Å². The van der Waals surface area contributed by atoms with Crippen molar-refractivity contribution in [1.29, 1.82) is 0 Å². The first-order valence-electron chi connectivity index (χ1n) is 6.40. The summed E-state index contributed by atoms with van der Waals surface area (Å²) in [5.41, 5.74) is 2.18. The Morgan fingerprint density at radius 2 is 2.28 bits per heavy atom. The van der Waals surface area contributed by atoms with Crippen molar-refractivity contribution in [3.05, 3.63) is 42.2 Å². The summed E-state index contributed by atoms with van der Waals surface area (Å²) in [5, 5.41) is 0. The molecule has 1 aliphatic carbocycles. The van der Waals surface area contributed by atoms with Crippen molar-refractivity contribution in [2.45, 2.75) is 32.3 Å². The minimum absolute atomic E-state index is 0.184. The van der Waals surface area contributed by atoms with Gasteiger partial charge in [0.1, 0.15) is 6.61 Å². The van der Waals surface area contributed by atoms with Crippen molar-refractivity contribution in [1.82, 2.24) is 4.98 Å². The molecule has 1 fully saturated rings. The normalized spacial score (nSPS) is 15.4. The molecule has 1 saturated carbocycles. The van der Waals surface area contributed by atoms with Crippen LogP contribution in [0.4, 0.5) is 0 Å². The molecule has 0 spiro atoms. The molecule has 0 aromatic carbocycles. The van der Waals surface area contributed by atoms with Crippen LogP contribution in [0.2, 0.25) is 0 Å². The molecule has 0 amide bonds. The second-order valence-electron chi connectivity index (χ2n) is 4.92. The van der Waals surface area contributed by atoms with E-state index in [0.29, 0.717) is 18.9 Å². The maximum atomic E-state index is 11.6. The van der Waals surface area contributed by atoms with Crippen molar-refractivity contribution in [3.63, 3.8) is 0 Å². The summed E-state index contributed by atoms with van der Waals surface area (Å²) in [7, 11) is 0. The van der Waals surface area contributed by atoms with Gasteiger partial charge in [-0.3, -0.25) is 9.78 Å². The maximum absolute atomic E-state index is 11.6. The fourth-order valence-electron chi connectivity index (χ4n) is 2.15. The first kappa shape index (κ1) is 13.0. The summed E-state index contributed by atoms with van der Waals surface area (Å²) >= 11 is 0. The van der Waals surface area contributed by atoms with Gasteiger partial charge in [-0.1, -0.05) is 18.2 Å². The highest BCUT2D eigenvalue weighted by Gasteiger charge is 2.21. The van der Waals surface area contributed by atoms with E-state index in [-0.39, 0.29) is 12.4 Å². The second kappa shape index (κ2) is 6.45. The maximum Gasteiger partial charge on any atom is 0.158 e. The number of carbonyl (C=O) groups excluding carboxylic acids is 1. The molecule has 0 unspecified atom stereocenters. The Kier molecular flexibility index (Phi) is 4.65. The number of hydrogen-bond acceptors (Lipinski definition) is 3. The van der Waals surface area contributed by atoms with Crippen LogP contribution in [0.15, 0.2) is 36.5 Å². The predicted octanol–water partition coefficient (Wildman–Crippen LogP) is 2.91. The molecule has 0 atom stereocenters. The first-order valence-corrected chi connectivity index (χ1v) is 6.40. The molecule has 3 nitrogen and oxygen atoms in total. The number of carbonyl (C=O) groups is 1. The van der Waals surface area contributed by atoms with E-state index in [1.807, 2.05) is 18.2 Å². The van der Waals surface area contributed by atoms with Gasteiger partial charge in [-0.05, 0) is 37.3 Å². The molecule has 18 heavy (non-hydrogen) atoms. The van der Waals surface area contributed by atoms with Crippen molar-refractivity contribution in [2.75, 3.05) is 6.61 Å². The van der Waals surface area contributed by atoms with Gasteiger partial charge in [0, 0.05) is 12.6 Å². The first-order chi connectivity index (χ1) is 8.74. The van der Waals surface area contributed by atoms with Gasteiger partial charge in [-0.25, -0.2) is 0 Å². The molecule has 2 rings (SSSR count). The predicted molar refractivity (Wildman–Crippen MR) is 70.0 cm³/mol. The van der Waals surface area contributed by atoms with Gasteiger partial charge in [0.15, 0.2) is 5.78 Å². The van der Waals surface area contributed by atoms with Gasteiger partial charge < -0.3 is 4.74 Å². The number of aromatic nitrogens is 1. The molecule has 0 saturated heterocycles. The monoisotopic (exact) mass is 245 g/mol. The molecule has 0 radical (unpaired) electrons. The quantitative estimate of drug-likeness (QED) is 0.693. The number of hydrogen-bond donors (Lipinski definition) is 0. The number of nitrogens with zero attached hydrogens (tertiary/aromatic N) is 1. The summed E-state index contributed by atoms with van der Waals surface area (Å²) in [4.78, 5) is 15.7. The average molecular weight is 245 g/mol. The third kappa shape index (κ3) is 4.08. The highest BCUT2D eigenvalue weighted by atomic mass is 16.5. The Morgan fingerprint density at radius 3 is 2.94 bits per heavy atom. The minimum Gasteiger partial charge on any atom is -0.367 e. The van der Waals surface area contributed by atoms with Crippen LogP contribution < -0.4 is 0 Å². The minimum atomic E-state index is 0.184. The molecule has 0 aliphatic heterocycles. The molecule has 0 bridgehead atoms. The van der Waals surface area contributed by atoms with E-state index in [1.165, 1.54) is 5.57 Å². The molecular weight excluding hydrogens is 226 g/mol. The zero-order valence-corrected chi connectivity index (χ0v) is 10.6. The number of pyridine rings is 1. The molecular formula is C15H19NO2. The number of Topliss-reactive ketones (excluding diaryl/α,β-unsaturated/α-hetero) is 1. The number of ether oxygens (including phenoxy) is 1. The van der Waals surface area contributed by atoms with Crippen LogP contribution in [-0.4, -0.2) is 17.4 Å². The van der Waals surface area contributed by atoms with E-state index < -0.39 is 0 Å². The zero-order chi connectivity index (χ0) is 12.8. The van der Waals surface area contributed by atoms with E-state index in [2.05, 4.69) is 11.6 Å². The van der Waals surface area contributed by atoms with Gasteiger partial charge in [0.2, 0.25) is 0 Å². The number of rotatable bonds is 7. The fourth-order valence-corrected chi connectivity index (χ4v) is 2.15.